The highest BCUT2D eigenvalue weighted by molar-refractivity contribution is 5.79. The molecule has 0 atom stereocenters. The van der Waals surface area contributed by atoms with E-state index in [1.165, 1.54) is 0 Å². The van der Waals surface area contributed by atoms with E-state index >= 15 is 0 Å². The molecule has 0 unspecified atom stereocenters. The van der Waals surface area contributed by atoms with Crippen molar-refractivity contribution >= 4 is 11.0 Å². The molecule has 0 saturated heterocycles. The molecule has 0 spiro atoms. The summed E-state index contributed by atoms with van der Waals surface area (Å²) in [7, 11) is 1.95. The van der Waals surface area contributed by atoms with Gasteiger partial charge in [-0.1, -0.05) is 12.1 Å². The SMILES string of the molecule is Cc1cccc2c1nc(CC#N)n2C. The number of aromatic nitrogens is 2. The van der Waals surface area contributed by atoms with Crippen LogP contribution in [-0.2, 0) is 13.5 Å². The van der Waals surface area contributed by atoms with Gasteiger partial charge in [-0.2, -0.15) is 5.26 Å². The lowest BCUT2D eigenvalue weighted by Crippen LogP contribution is -1.95. The van der Waals surface area contributed by atoms with Gasteiger partial charge in [-0.25, -0.2) is 4.98 Å². The van der Waals surface area contributed by atoms with Crippen LogP contribution in [0.15, 0.2) is 18.2 Å². The van der Waals surface area contributed by atoms with Gasteiger partial charge in [-0.15, -0.1) is 0 Å². The predicted octanol–water partition coefficient (Wildman–Crippen LogP) is 1.95. The maximum absolute atomic E-state index is 8.64. The number of aryl methyl sites for hydroxylation is 2. The minimum Gasteiger partial charge on any atom is -0.330 e. The Bertz CT molecular complexity index is 517. The largest absolute Gasteiger partial charge is 0.330 e. The first-order valence-electron chi connectivity index (χ1n) is 4.52. The Hall–Kier alpha value is -1.82. The number of hydrogen-bond acceptors (Lipinski definition) is 2. The number of para-hydroxylation sites is 1. The standard InChI is InChI=1S/C11H11N3/c1-8-4-3-5-9-11(8)13-10(6-7-12)14(9)2/h3-5H,6H2,1-2H3. The molecule has 0 saturated carbocycles. The van der Waals surface area contributed by atoms with E-state index in [9.17, 15) is 0 Å². The van der Waals surface area contributed by atoms with Crippen molar-refractivity contribution in [2.24, 2.45) is 7.05 Å². The van der Waals surface area contributed by atoms with E-state index in [1.807, 2.05) is 36.7 Å². The van der Waals surface area contributed by atoms with Crippen molar-refractivity contribution in [3.05, 3.63) is 29.6 Å². The Morgan fingerprint density at radius 1 is 1.50 bits per heavy atom. The second-order valence-corrected chi connectivity index (χ2v) is 3.36. The van der Waals surface area contributed by atoms with Crippen molar-refractivity contribution in [3.63, 3.8) is 0 Å². The highest BCUT2D eigenvalue weighted by atomic mass is 15.1. The predicted molar refractivity (Wildman–Crippen MR) is 54.8 cm³/mol. The Balaban J connectivity index is 2.74. The molecule has 2 rings (SSSR count). The zero-order valence-electron chi connectivity index (χ0n) is 8.28. The molecule has 0 fully saturated rings. The molecular formula is C11H11N3. The number of imidazole rings is 1. The van der Waals surface area contributed by atoms with E-state index in [2.05, 4.69) is 11.1 Å². The summed E-state index contributed by atoms with van der Waals surface area (Å²) in [5.74, 6) is 0.830. The molecule has 70 valence electrons. The fraction of sp³-hybridized carbons (Fsp3) is 0.273. The lowest BCUT2D eigenvalue weighted by atomic mass is 10.2. The molecule has 0 aliphatic carbocycles. The monoisotopic (exact) mass is 185 g/mol. The van der Waals surface area contributed by atoms with Crippen LogP contribution < -0.4 is 0 Å². The topological polar surface area (TPSA) is 41.6 Å². The maximum atomic E-state index is 8.64. The first-order valence-corrected chi connectivity index (χ1v) is 4.52. The van der Waals surface area contributed by atoms with E-state index in [-0.39, 0.29) is 0 Å². The summed E-state index contributed by atoms with van der Waals surface area (Å²) in [6.07, 6.45) is 0.366. The average molecular weight is 185 g/mol. The highest BCUT2D eigenvalue weighted by Crippen LogP contribution is 2.18. The van der Waals surface area contributed by atoms with Crippen LogP contribution in [0.5, 0.6) is 0 Å². The van der Waals surface area contributed by atoms with Crippen LogP contribution in [0.1, 0.15) is 11.4 Å². The lowest BCUT2D eigenvalue weighted by molar-refractivity contribution is 0.857. The smallest absolute Gasteiger partial charge is 0.123 e. The second-order valence-electron chi connectivity index (χ2n) is 3.36. The molecule has 0 aliphatic heterocycles. The normalized spacial score (nSPS) is 10.4. The number of rotatable bonds is 1. The number of benzene rings is 1. The number of nitriles is 1. The highest BCUT2D eigenvalue weighted by Gasteiger charge is 2.07. The van der Waals surface area contributed by atoms with Gasteiger partial charge in [-0.3, -0.25) is 0 Å². The van der Waals surface area contributed by atoms with E-state index in [1.54, 1.807) is 0 Å². The van der Waals surface area contributed by atoms with Crippen molar-refractivity contribution < 1.29 is 0 Å². The summed E-state index contributed by atoms with van der Waals surface area (Å²) in [5.41, 5.74) is 3.25. The summed E-state index contributed by atoms with van der Waals surface area (Å²) < 4.78 is 1.98. The van der Waals surface area contributed by atoms with Crippen LogP contribution in [0, 0.1) is 18.3 Å². The average Bonchev–Trinajstić information content (AvgIpc) is 2.48. The maximum Gasteiger partial charge on any atom is 0.123 e. The summed E-state index contributed by atoms with van der Waals surface area (Å²) in [6, 6.07) is 8.19. The third-order valence-corrected chi connectivity index (χ3v) is 2.44. The molecule has 0 amide bonds. The molecular weight excluding hydrogens is 174 g/mol. The summed E-state index contributed by atoms with van der Waals surface area (Å²) in [6.45, 7) is 2.03. The second kappa shape index (κ2) is 3.15. The van der Waals surface area contributed by atoms with Crippen LogP contribution in [0.4, 0.5) is 0 Å². The molecule has 3 nitrogen and oxygen atoms in total. The van der Waals surface area contributed by atoms with Crippen LogP contribution >= 0.6 is 0 Å². The minimum absolute atomic E-state index is 0.366. The molecule has 0 radical (unpaired) electrons. The first kappa shape index (κ1) is 8.76. The van der Waals surface area contributed by atoms with Gasteiger partial charge < -0.3 is 4.57 Å². The molecule has 1 aromatic heterocycles. The van der Waals surface area contributed by atoms with Gasteiger partial charge >= 0.3 is 0 Å². The molecule has 1 aromatic carbocycles. The van der Waals surface area contributed by atoms with Crippen LogP contribution in [0.2, 0.25) is 0 Å². The zero-order valence-corrected chi connectivity index (χ0v) is 8.28. The zero-order chi connectivity index (χ0) is 10.1. The molecule has 0 aliphatic rings. The van der Waals surface area contributed by atoms with Crippen LogP contribution in [-0.4, -0.2) is 9.55 Å². The number of fused-ring (bicyclic) bond motifs is 1. The van der Waals surface area contributed by atoms with E-state index in [0.717, 1.165) is 22.4 Å². The molecule has 0 N–H and O–H groups in total. The number of nitrogens with zero attached hydrogens (tertiary/aromatic N) is 3. The molecule has 0 bridgehead atoms. The van der Waals surface area contributed by atoms with Gasteiger partial charge in [0.1, 0.15) is 5.82 Å². The minimum atomic E-state index is 0.366. The van der Waals surface area contributed by atoms with Gasteiger partial charge in [0.15, 0.2) is 0 Å². The third kappa shape index (κ3) is 1.16. The summed E-state index contributed by atoms with van der Waals surface area (Å²) in [5, 5.41) is 8.64. The Morgan fingerprint density at radius 3 is 2.93 bits per heavy atom. The first-order chi connectivity index (χ1) is 6.74. The van der Waals surface area contributed by atoms with Crippen molar-refractivity contribution in [1.29, 1.82) is 5.26 Å². The Labute approximate surface area is 82.6 Å². The van der Waals surface area contributed by atoms with E-state index < -0.39 is 0 Å². The molecule has 3 heteroatoms. The fourth-order valence-corrected chi connectivity index (χ4v) is 1.63. The van der Waals surface area contributed by atoms with E-state index in [0.29, 0.717) is 6.42 Å². The van der Waals surface area contributed by atoms with Gasteiger partial charge in [-0.05, 0) is 18.6 Å². The Morgan fingerprint density at radius 2 is 2.29 bits per heavy atom. The molecule has 1 heterocycles. The van der Waals surface area contributed by atoms with Crippen molar-refractivity contribution in [3.8, 4) is 6.07 Å². The van der Waals surface area contributed by atoms with Gasteiger partial charge in [0, 0.05) is 7.05 Å². The molecule has 14 heavy (non-hydrogen) atoms. The van der Waals surface area contributed by atoms with Crippen LogP contribution in [0.3, 0.4) is 0 Å². The lowest BCUT2D eigenvalue weighted by Gasteiger charge is -1.97. The fourth-order valence-electron chi connectivity index (χ4n) is 1.63. The van der Waals surface area contributed by atoms with Gasteiger partial charge in [0.05, 0.1) is 23.5 Å². The van der Waals surface area contributed by atoms with Crippen molar-refractivity contribution in [2.45, 2.75) is 13.3 Å². The summed E-state index contributed by atoms with van der Waals surface area (Å²) in [4.78, 5) is 4.44. The third-order valence-electron chi connectivity index (χ3n) is 2.44. The molecule has 2 aromatic rings. The van der Waals surface area contributed by atoms with Crippen molar-refractivity contribution in [2.75, 3.05) is 0 Å². The summed E-state index contributed by atoms with van der Waals surface area (Å²) >= 11 is 0. The van der Waals surface area contributed by atoms with Crippen LogP contribution in [0.25, 0.3) is 11.0 Å². The quantitative estimate of drug-likeness (QED) is 0.681. The van der Waals surface area contributed by atoms with Crippen molar-refractivity contribution in [1.82, 2.24) is 9.55 Å². The van der Waals surface area contributed by atoms with Gasteiger partial charge in [0.25, 0.3) is 0 Å². The number of hydrogen-bond donors (Lipinski definition) is 0. The van der Waals surface area contributed by atoms with E-state index in [4.69, 9.17) is 5.26 Å². The Kier molecular flexibility index (Phi) is 1.97. The van der Waals surface area contributed by atoms with Gasteiger partial charge in [0.2, 0.25) is 0 Å².